The first-order chi connectivity index (χ1) is 7.70. The van der Waals surface area contributed by atoms with Gasteiger partial charge < -0.3 is 9.30 Å². The predicted molar refractivity (Wildman–Crippen MR) is 60.0 cm³/mol. The highest BCUT2D eigenvalue weighted by Gasteiger charge is 2.33. The van der Waals surface area contributed by atoms with E-state index in [1.165, 1.54) is 11.8 Å². The number of hydrogen-bond acceptors (Lipinski definition) is 5. The molecule has 0 radical (unpaired) electrons. The van der Waals surface area contributed by atoms with Gasteiger partial charge in [0.05, 0.1) is 0 Å². The summed E-state index contributed by atoms with van der Waals surface area (Å²) >= 11 is 1.40. The van der Waals surface area contributed by atoms with Crippen LogP contribution >= 0.6 is 11.8 Å². The molecule has 86 valence electrons. The van der Waals surface area contributed by atoms with Gasteiger partial charge in [-0.1, -0.05) is 17.8 Å². The van der Waals surface area contributed by atoms with Crippen molar-refractivity contribution in [3.63, 3.8) is 0 Å². The van der Waals surface area contributed by atoms with Crippen molar-refractivity contribution in [2.75, 3.05) is 0 Å². The van der Waals surface area contributed by atoms with Crippen molar-refractivity contribution in [1.29, 1.82) is 0 Å². The van der Waals surface area contributed by atoms with Gasteiger partial charge in [0.15, 0.2) is 5.16 Å². The third-order valence-corrected chi connectivity index (χ3v) is 3.48. The molecule has 1 fully saturated rings. The van der Waals surface area contributed by atoms with E-state index in [0.29, 0.717) is 6.54 Å². The van der Waals surface area contributed by atoms with Gasteiger partial charge in [-0.15, -0.1) is 16.8 Å². The van der Waals surface area contributed by atoms with E-state index >= 15 is 0 Å². The maximum atomic E-state index is 11.5. The summed E-state index contributed by atoms with van der Waals surface area (Å²) in [4.78, 5) is 11.5. The summed E-state index contributed by atoms with van der Waals surface area (Å²) in [6.07, 6.45) is 4.13. The van der Waals surface area contributed by atoms with Crippen molar-refractivity contribution in [2.45, 2.75) is 36.4 Å². The first-order valence-electron chi connectivity index (χ1n) is 5.06. The number of allylic oxidation sites excluding steroid dienone is 1. The molecule has 0 amide bonds. The highest BCUT2D eigenvalue weighted by Crippen LogP contribution is 2.30. The zero-order valence-electron chi connectivity index (χ0n) is 9.00. The third kappa shape index (κ3) is 2.27. The molecule has 2 atom stereocenters. The molecule has 1 saturated heterocycles. The maximum Gasteiger partial charge on any atom is 0.319 e. The third-order valence-electron chi connectivity index (χ3n) is 2.28. The highest BCUT2D eigenvalue weighted by atomic mass is 32.2. The number of aromatic nitrogens is 3. The minimum atomic E-state index is -0.164. The smallest absolute Gasteiger partial charge is 0.319 e. The maximum absolute atomic E-state index is 11.5. The van der Waals surface area contributed by atoms with Gasteiger partial charge in [-0.3, -0.25) is 4.79 Å². The first kappa shape index (κ1) is 11.2. The van der Waals surface area contributed by atoms with Crippen molar-refractivity contribution in [3.05, 3.63) is 19.0 Å². The molecule has 0 N–H and O–H groups in total. The minimum absolute atomic E-state index is 0.000718. The SMILES string of the molecule is C=CCn1cnnc1S[C@H]1C[C@H](C)OC1=O. The lowest BCUT2D eigenvalue weighted by molar-refractivity contribution is -0.140. The summed E-state index contributed by atoms with van der Waals surface area (Å²) in [5.41, 5.74) is 0. The molecule has 1 aromatic rings. The standard InChI is InChI=1S/C10H13N3O2S/c1-3-4-13-6-11-12-10(13)16-8-5-7(2)15-9(8)14/h3,6-8H,1,4-5H2,2H3/t7-,8-/m0/s1. The molecule has 0 unspecified atom stereocenters. The lowest BCUT2D eigenvalue weighted by Gasteiger charge is -2.05. The zero-order valence-corrected chi connectivity index (χ0v) is 9.81. The first-order valence-corrected chi connectivity index (χ1v) is 5.94. The van der Waals surface area contributed by atoms with Gasteiger partial charge in [0.2, 0.25) is 0 Å². The summed E-state index contributed by atoms with van der Waals surface area (Å²) in [6, 6.07) is 0. The van der Waals surface area contributed by atoms with Crippen LogP contribution in [0.3, 0.4) is 0 Å². The molecule has 2 heterocycles. The molecular weight excluding hydrogens is 226 g/mol. The number of ether oxygens (including phenoxy) is 1. The van der Waals surface area contributed by atoms with E-state index in [-0.39, 0.29) is 17.3 Å². The van der Waals surface area contributed by atoms with E-state index in [1.54, 1.807) is 12.4 Å². The van der Waals surface area contributed by atoms with Crippen molar-refractivity contribution in [3.8, 4) is 0 Å². The fraction of sp³-hybridized carbons (Fsp3) is 0.500. The number of rotatable bonds is 4. The molecule has 6 heteroatoms. The van der Waals surface area contributed by atoms with Crippen LogP contribution in [-0.4, -0.2) is 32.1 Å². The molecule has 0 saturated carbocycles. The normalized spacial score (nSPS) is 24.4. The summed E-state index contributed by atoms with van der Waals surface area (Å²) in [5.74, 6) is -0.161. The highest BCUT2D eigenvalue weighted by molar-refractivity contribution is 8.00. The van der Waals surface area contributed by atoms with E-state index in [1.807, 2.05) is 11.5 Å². The lowest BCUT2D eigenvalue weighted by atomic mass is 10.3. The molecule has 0 aliphatic carbocycles. The Bertz CT molecular complexity index is 405. The van der Waals surface area contributed by atoms with E-state index < -0.39 is 0 Å². The van der Waals surface area contributed by atoms with E-state index in [9.17, 15) is 4.79 Å². The van der Waals surface area contributed by atoms with Crippen LogP contribution in [0.2, 0.25) is 0 Å². The number of nitrogens with zero attached hydrogens (tertiary/aromatic N) is 3. The largest absolute Gasteiger partial charge is 0.462 e. The second kappa shape index (κ2) is 4.69. The molecule has 1 aliphatic heterocycles. The average molecular weight is 239 g/mol. The van der Waals surface area contributed by atoms with Crippen molar-refractivity contribution in [2.24, 2.45) is 0 Å². The van der Waals surface area contributed by atoms with E-state index in [2.05, 4.69) is 16.8 Å². The number of thioether (sulfide) groups is 1. The molecule has 2 rings (SSSR count). The van der Waals surface area contributed by atoms with Crippen LogP contribution in [0, 0.1) is 0 Å². The predicted octanol–water partition coefficient (Wildman–Crippen LogP) is 1.26. The molecule has 0 spiro atoms. The van der Waals surface area contributed by atoms with Crippen LogP contribution in [0.25, 0.3) is 0 Å². The Morgan fingerprint density at radius 2 is 2.62 bits per heavy atom. The Balaban J connectivity index is 2.06. The van der Waals surface area contributed by atoms with Crippen LogP contribution < -0.4 is 0 Å². The van der Waals surface area contributed by atoms with Gasteiger partial charge in [-0.25, -0.2) is 0 Å². The summed E-state index contributed by atoms with van der Waals surface area (Å²) < 4.78 is 6.94. The van der Waals surface area contributed by atoms with Gasteiger partial charge >= 0.3 is 5.97 Å². The van der Waals surface area contributed by atoms with Crippen LogP contribution in [-0.2, 0) is 16.1 Å². The number of hydrogen-bond donors (Lipinski definition) is 0. The van der Waals surface area contributed by atoms with Gasteiger partial charge in [-0.2, -0.15) is 0 Å². The summed E-state index contributed by atoms with van der Waals surface area (Å²) in [7, 11) is 0. The number of carbonyl (C=O) groups excluding carboxylic acids is 1. The Kier molecular flexibility index (Phi) is 3.28. The number of esters is 1. The van der Waals surface area contributed by atoms with Crippen LogP contribution in [0.1, 0.15) is 13.3 Å². The quantitative estimate of drug-likeness (QED) is 0.585. The summed E-state index contributed by atoms with van der Waals surface area (Å²) in [6.45, 7) is 6.20. The Labute approximate surface area is 97.9 Å². The molecule has 0 bridgehead atoms. The van der Waals surface area contributed by atoms with Crippen LogP contribution in [0.5, 0.6) is 0 Å². The molecule has 1 aromatic heterocycles. The average Bonchev–Trinajstić information content (AvgIpc) is 2.77. The van der Waals surface area contributed by atoms with Gasteiger partial charge in [0.1, 0.15) is 17.7 Å². The van der Waals surface area contributed by atoms with Crippen molar-refractivity contribution >= 4 is 17.7 Å². The molecule has 1 aliphatic rings. The van der Waals surface area contributed by atoms with Gasteiger partial charge in [0, 0.05) is 13.0 Å². The minimum Gasteiger partial charge on any atom is -0.462 e. The molecule has 5 nitrogen and oxygen atoms in total. The van der Waals surface area contributed by atoms with Crippen LogP contribution in [0.4, 0.5) is 0 Å². The Morgan fingerprint density at radius 3 is 3.25 bits per heavy atom. The Hall–Kier alpha value is -1.30. The molecule has 16 heavy (non-hydrogen) atoms. The molecule has 0 aromatic carbocycles. The lowest BCUT2D eigenvalue weighted by Crippen LogP contribution is -2.11. The Morgan fingerprint density at radius 1 is 1.81 bits per heavy atom. The monoisotopic (exact) mass is 239 g/mol. The topological polar surface area (TPSA) is 57.0 Å². The number of carbonyl (C=O) groups is 1. The number of cyclic esters (lactones) is 1. The fourth-order valence-corrected chi connectivity index (χ4v) is 2.67. The van der Waals surface area contributed by atoms with E-state index in [0.717, 1.165) is 11.6 Å². The van der Waals surface area contributed by atoms with Crippen LogP contribution in [0.15, 0.2) is 24.1 Å². The second-order valence-electron chi connectivity index (χ2n) is 3.64. The zero-order chi connectivity index (χ0) is 11.5. The molecular formula is C10H13N3O2S. The second-order valence-corrected chi connectivity index (χ2v) is 4.81. The summed E-state index contributed by atoms with van der Waals surface area (Å²) in [5, 5.41) is 8.37. The van der Waals surface area contributed by atoms with E-state index in [4.69, 9.17) is 4.74 Å². The van der Waals surface area contributed by atoms with Crippen molar-refractivity contribution in [1.82, 2.24) is 14.8 Å². The fourth-order valence-electron chi connectivity index (χ4n) is 1.54. The van der Waals surface area contributed by atoms with Gasteiger partial charge in [0.25, 0.3) is 0 Å². The van der Waals surface area contributed by atoms with Gasteiger partial charge in [-0.05, 0) is 6.92 Å². The van der Waals surface area contributed by atoms with Crippen molar-refractivity contribution < 1.29 is 9.53 Å².